The fraction of sp³-hybridized carbons (Fsp3) is 0.526. The molecule has 1 aliphatic carbocycles. The van der Waals surface area contributed by atoms with Crippen LogP contribution in [0, 0.1) is 11.8 Å². The maximum absolute atomic E-state index is 12.3. The normalized spacial score (nSPS) is 22.7. The number of carbonyl (C=O) groups is 1. The Morgan fingerprint density at radius 2 is 1.86 bits per heavy atom. The van der Waals surface area contributed by atoms with Gasteiger partial charge in [-0.1, -0.05) is 42.5 Å². The Hall–Kier alpha value is -1.57. The molecule has 1 aromatic rings. The number of hydrogen-bond acceptors (Lipinski definition) is 1. The minimum absolute atomic E-state index is 0.365. The van der Waals surface area contributed by atoms with E-state index >= 15 is 0 Å². The summed E-state index contributed by atoms with van der Waals surface area (Å²) in [6.45, 7) is 1.90. The number of amides is 1. The van der Waals surface area contributed by atoms with Gasteiger partial charge >= 0.3 is 0 Å². The molecule has 0 bridgehead atoms. The molecule has 21 heavy (non-hydrogen) atoms. The molecule has 1 aromatic carbocycles. The van der Waals surface area contributed by atoms with E-state index in [1.165, 1.54) is 5.56 Å². The number of piperidine rings is 1. The maximum Gasteiger partial charge on any atom is 0.223 e. The van der Waals surface area contributed by atoms with Crippen molar-refractivity contribution < 1.29 is 4.79 Å². The molecule has 112 valence electrons. The topological polar surface area (TPSA) is 20.3 Å². The molecule has 0 radical (unpaired) electrons. The lowest BCUT2D eigenvalue weighted by atomic mass is 9.90. The molecule has 1 amide bonds. The molecule has 2 heteroatoms. The van der Waals surface area contributed by atoms with E-state index in [1.54, 1.807) is 0 Å². The van der Waals surface area contributed by atoms with Gasteiger partial charge in [0, 0.05) is 19.5 Å². The first kappa shape index (κ1) is 14.4. The Morgan fingerprint density at radius 3 is 2.52 bits per heavy atom. The van der Waals surface area contributed by atoms with Gasteiger partial charge in [0.05, 0.1) is 0 Å². The first-order chi connectivity index (χ1) is 10.3. The van der Waals surface area contributed by atoms with Crippen molar-refractivity contribution in [3.8, 4) is 0 Å². The van der Waals surface area contributed by atoms with Crippen LogP contribution in [0.25, 0.3) is 0 Å². The van der Waals surface area contributed by atoms with E-state index in [0.717, 1.165) is 57.5 Å². The summed E-state index contributed by atoms with van der Waals surface area (Å²) in [6, 6.07) is 10.7. The Bertz CT molecular complexity index is 486. The van der Waals surface area contributed by atoms with Gasteiger partial charge < -0.3 is 4.90 Å². The number of benzene rings is 1. The highest BCUT2D eigenvalue weighted by molar-refractivity contribution is 5.76. The quantitative estimate of drug-likeness (QED) is 0.769. The summed E-state index contributed by atoms with van der Waals surface area (Å²) >= 11 is 0. The summed E-state index contributed by atoms with van der Waals surface area (Å²) in [5.74, 6) is 1.60. The second-order valence-corrected chi connectivity index (χ2v) is 6.48. The van der Waals surface area contributed by atoms with Crippen molar-refractivity contribution in [1.82, 2.24) is 4.90 Å². The number of rotatable bonds is 4. The third-order valence-corrected chi connectivity index (χ3v) is 4.88. The highest BCUT2D eigenvalue weighted by atomic mass is 16.2. The van der Waals surface area contributed by atoms with Crippen LogP contribution in [-0.4, -0.2) is 23.9 Å². The monoisotopic (exact) mass is 283 g/mol. The standard InChI is InChI=1S/C19H25NO/c21-19(15-17-8-4-5-9-17)20-12-10-18(11-13-20)14-16-6-2-1-3-7-16/h1-4,6-8,17-18H,5,9-15H2. The van der Waals surface area contributed by atoms with E-state index in [9.17, 15) is 4.79 Å². The van der Waals surface area contributed by atoms with Crippen molar-refractivity contribution in [1.29, 1.82) is 0 Å². The van der Waals surface area contributed by atoms with Crippen LogP contribution in [0.15, 0.2) is 42.5 Å². The molecule has 1 unspecified atom stereocenters. The van der Waals surface area contributed by atoms with Gasteiger partial charge in [0.2, 0.25) is 5.91 Å². The number of hydrogen-bond donors (Lipinski definition) is 0. The molecule has 0 aromatic heterocycles. The summed E-state index contributed by atoms with van der Waals surface area (Å²) in [5, 5.41) is 0. The van der Waals surface area contributed by atoms with Crippen LogP contribution < -0.4 is 0 Å². The van der Waals surface area contributed by atoms with Crippen LogP contribution >= 0.6 is 0 Å². The van der Waals surface area contributed by atoms with Gasteiger partial charge in [0.15, 0.2) is 0 Å². The SMILES string of the molecule is O=C(CC1C=CCC1)N1CCC(Cc2ccccc2)CC1. The zero-order valence-corrected chi connectivity index (χ0v) is 12.7. The molecule has 2 aliphatic rings. The molecule has 3 rings (SSSR count). The molecule has 1 aliphatic heterocycles. The minimum atomic E-state index is 0.365. The number of nitrogens with zero attached hydrogens (tertiary/aromatic N) is 1. The van der Waals surface area contributed by atoms with Crippen molar-refractivity contribution in [2.24, 2.45) is 11.8 Å². The molecular formula is C19H25NO. The highest BCUT2D eigenvalue weighted by Crippen LogP contribution is 2.25. The van der Waals surface area contributed by atoms with Crippen molar-refractivity contribution in [3.63, 3.8) is 0 Å². The maximum atomic E-state index is 12.3. The highest BCUT2D eigenvalue weighted by Gasteiger charge is 2.24. The van der Waals surface area contributed by atoms with Crippen LogP contribution in [0.1, 0.15) is 37.7 Å². The van der Waals surface area contributed by atoms with Gasteiger partial charge in [-0.05, 0) is 49.5 Å². The van der Waals surface area contributed by atoms with Crippen molar-refractivity contribution in [2.45, 2.75) is 38.5 Å². The molecule has 2 nitrogen and oxygen atoms in total. The van der Waals surface area contributed by atoms with Gasteiger partial charge in [-0.3, -0.25) is 4.79 Å². The second-order valence-electron chi connectivity index (χ2n) is 6.48. The van der Waals surface area contributed by atoms with Crippen molar-refractivity contribution in [3.05, 3.63) is 48.0 Å². The van der Waals surface area contributed by atoms with E-state index < -0.39 is 0 Å². The van der Waals surface area contributed by atoms with Crippen molar-refractivity contribution >= 4 is 5.91 Å². The first-order valence-electron chi connectivity index (χ1n) is 8.29. The van der Waals surface area contributed by atoms with Crippen LogP contribution in [0.3, 0.4) is 0 Å². The van der Waals surface area contributed by atoms with Gasteiger partial charge in [-0.15, -0.1) is 0 Å². The van der Waals surface area contributed by atoms with Gasteiger partial charge in [0.1, 0.15) is 0 Å². The van der Waals surface area contributed by atoms with E-state index in [4.69, 9.17) is 0 Å². The largest absolute Gasteiger partial charge is 0.343 e. The number of likely N-dealkylation sites (tertiary alicyclic amines) is 1. The number of carbonyl (C=O) groups excluding carboxylic acids is 1. The molecule has 0 spiro atoms. The Kier molecular flexibility index (Phi) is 4.74. The molecule has 0 N–H and O–H groups in total. The predicted molar refractivity (Wildman–Crippen MR) is 85.9 cm³/mol. The first-order valence-corrected chi connectivity index (χ1v) is 8.29. The Balaban J connectivity index is 1.44. The second kappa shape index (κ2) is 6.93. The average Bonchev–Trinajstić information content (AvgIpc) is 3.02. The molecule has 1 atom stereocenters. The lowest BCUT2D eigenvalue weighted by Gasteiger charge is -2.32. The van der Waals surface area contributed by atoms with Crippen LogP contribution in [0.2, 0.25) is 0 Å². The van der Waals surface area contributed by atoms with Crippen LogP contribution in [-0.2, 0) is 11.2 Å². The molecular weight excluding hydrogens is 258 g/mol. The number of allylic oxidation sites excluding steroid dienone is 2. The summed E-state index contributed by atoms with van der Waals surface area (Å²) < 4.78 is 0. The lowest BCUT2D eigenvalue weighted by molar-refractivity contribution is -0.133. The summed E-state index contributed by atoms with van der Waals surface area (Å²) in [7, 11) is 0. The fourth-order valence-electron chi connectivity index (χ4n) is 3.55. The van der Waals surface area contributed by atoms with Crippen LogP contribution in [0.4, 0.5) is 0 Å². The third kappa shape index (κ3) is 3.96. The lowest BCUT2D eigenvalue weighted by Crippen LogP contribution is -2.39. The summed E-state index contributed by atoms with van der Waals surface area (Å²) in [5.41, 5.74) is 1.43. The predicted octanol–water partition coefficient (Wildman–Crippen LogP) is 3.82. The molecule has 1 heterocycles. The molecule has 0 saturated carbocycles. The van der Waals surface area contributed by atoms with E-state index in [-0.39, 0.29) is 0 Å². The van der Waals surface area contributed by atoms with Gasteiger partial charge in [-0.2, -0.15) is 0 Å². The molecule has 1 saturated heterocycles. The smallest absolute Gasteiger partial charge is 0.223 e. The fourth-order valence-corrected chi connectivity index (χ4v) is 3.55. The summed E-state index contributed by atoms with van der Waals surface area (Å²) in [4.78, 5) is 14.4. The van der Waals surface area contributed by atoms with E-state index in [2.05, 4.69) is 47.4 Å². The Morgan fingerprint density at radius 1 is 1.10 bits per heavy atom. The summed E-state index contributed by atoms with van der Waals surface area (Å²) in [6.07, 6.45) is 10.9. The van der Waals surface area contributed by atoms with Crippen molar-refractivity contribution in [2.75, 3.05) is 13.1 Å². The van der Waals surface area contributed by atoms with Crippen LogP contribution in [0.5, 0.6) is 0 Å². The van der Waals surface area contributed by atoms with E-state index in [1.807, 2.05) is 0 Å². The van der Waals surface area contributed by atoms with Gasteiger partial charge in [-0.25, -0.2) is 0 Å². The Labute approximate surface area is 127 Å². The minimum Gasteiger partial charge on any atom is -0.343 e. The average molecular weight is 283 g/mol. The molecule has 1 fully saturated rings. The zero-order chi connectivity index (χ0) is 14.5. The van der Waals surface area contributed by atoms with E-state index in [0.29, 0.717) is 11.8 Å². The third-order valence-electron chi connectivity index (χ3n) is 4.88. The zero-order valence-electron chi connectivity index (χ0n) is 12.7. The van der Waals surface area contributed by atoms with Gasteiger partial charge in [0.25, 0.3) is 0 Å².